The van der Waals surface area contributed by atoms with E-state index in [1.807, 2.05) is 18.4 Å². The van der Waals surface area contributed by atoms with Gasteiger partial charge in [0.25, 0.3) is 0 Å². The van der Waals surface area contributed by atoms with E-state index in [1.54, 1.807) is 18.0 Å². The van der Waals surface area contributed by atoms with Crippen LogP contribution < -0.4 is 15.2 Å². The summed E-state index contributed by atoms with van der Waals surface area (Å²) in [7, 11) is 0. The zero-order chi connectivity index (χ0) is 11.1. The monoisotopic (exact) mass is 225 g/mol. The molecule has 0 aliphatic carbocycles. The molecule has 4 N–H and O–H groups in total. The van der Waals surface area contributed by atoms with Crippen molar-refractivity contribution in [2.24, 2.45) is 0 Å². The molecule has 0 saturated carbocycles. The Morgan fingerprint density at radius 2 is 2.40 bits per heavy atom. The molecule has 0 saturated heterocycles. The van der Waals surface area contributed by atoms with Gasteiger partial charge in [-0.2, -0.15) is 0 Å². The molecule has 0 aliphatic rings. The highest BCUT2D eigenvalue weighted by Crippen LogP contribution is 2.21. The predicted octanol–water partition coefficient (Wildman–Crippen LogP) is 1.51. The van der Waals surface area contributed by atoms with Crippen molar-refractivity contribution in [2.45, 2.75) is 0 Å². The van der Waals surface area contributed by atoms with Crippen LogP contribution in [0.3, 0.4) is 0 Å². The van der Waals surface area contributed by atoms with Crippen LogP contribution in [0.2, 0.25) is 0 Å². The first-order valence-electron chi connectivity index (χ1n) is 4.57. The van der Waals surface area contributed by atoms with Crippen LogP contribution in [0.5, 0.6) is 5.75 Å². The molecule has 82 valence electrons. The molecule has 5 heteroatoms. The average Bonchev–Trinajstić information content (AvgIpc) is 2.24. The molecule has 0 unspecified atom stereocenters. The van der Waals surface area contributed by atoms with E-state index in [2.05, 4.69) is 4.72 Å². The third-order valence-corrected chi connectivity index (χ3v) is 2.34. The van der Waals surface area contributed by atoms with E-state index in [9.17, 15) is 0 Å². The van der Waals surface area contributed by atoms with Crippen molar-refractivity contribution in [1.29, 1.82) is 5.41 Å². The highest BCUT2D eigenvalue weighted by molar-refractivity contribution is 7.96. The molecule has 0 radical (unpaired) electrons. The fraction of sp³-hybridized carbons (Fsp3) is 0.300. The number of hydrogen-bond acceptors (Lipinski definition) is 5. The standard InChI is InChI=1S/C10H15N3OS/c1-15-13-5-6-14-10-4-2-3-9(12)8(10)7-11/h2-4,7,11,13H,5-6,12H2,1H3. The van der Waals surface area contributed by atoms with Crippen LogP contribution in [0, 0.1) is 5.41 Å². The Morgan fingerprint density at radius 1 is 1.60 bits per heavy atom. The molecule has 0 fully saturated rings. The Hall–Kier alpha value is -1.20. The molecule has 1 aromatic rings. The van der Waals surface area contributed by atoms with E-state index in [0.29, 0.717) is 23.6 Å². The number of ether oxygens (including phenoxy) is 1. The van der Waals surface area contributed by atoms with Crippen LogP contribution in [0.15, 0.2) is 18.2 Å². The van der Waals surface area contributed by atoms with Crippen LogP contribution in [-0.2, 0) is 0 Å². The molecule has 1 aromatic carbocycles. The number of hydrogen-bond donors (Lipinski definition) is 3. The Morgan fingerprint density at radius 3 is 3.07 bits per heavy atom. The van der Waals surface area contributed by atoms with Crippen molar-refractivity contribution >= 4 is 23.8 Å². The fourth-order valence-corrected chi connectivity index (χ4v) is 1.43. The van der Waals surface area contributed by atoms with Gasteiger partial charge in [-0.3, -0.25) is 4.72 Å². The molecule has 15 heavy (non-hydrogen) atoms. The summed E-state index contributed by atoms with van der Waals surface area (Å²) >= 11 is 1.55. The van der Waals surface area contributed by atoms with Gasteiger partial charge < -0.3 is 15.9 Å². The van der Waals surface area contributed by atoms with Crippen LogP contribution in [0.4, 0.5) is 5.69 Å². The summed E-state index contributed by atoms with van der Waals surface area (Å²) in [6.07, 6.45) is 3.18. The van der Waals surface area contributed by atoms with Crippen molar-refractivity contribution in [2.75, 3.05) is 25.1 Å². The number of anilines is 1. The van der Waals surface area contributed by atoms with E-state index in [-0.39, 0.29) is 0 Å². The van der Waals surface area contributed by atoms with Gasteiger partial charge in [-0.25, -0.2) is 0 Å². The lowest BCUT2D eigenvalue weighted by atomic mass is 10.2. The summed E-state index contributed by atoms with van der Waals surface area (Å²) in [4.78, 5) is 0. The zero-order valence-corrected chi connectivity index (χ0v) is 9.43. The Bertz CT molecular complexity index is 330. The smallest absolute Gasteiger partial charge is 0.130 e. The van der Waals surface area contributed by atoms with Gasteiger partial charge in [0.1, 0.15) is 12.4 Å². The first-order chi connectivity index (χ1) is 7.29. The number of nitrogens with two attached hydrogens (primary N) is 1. The SMILES string of the molecule is CSNCCOc1cccc(N)c1C=N. The van der Waals surface area contributed by atoms with E-state index in [0.717, 1.165) is 6.54 Å². The molecule has 1 rings (SSSR count). The first-order valence-corrected chi connectivity index (χ1v) is 5.79. The van der Waals surface area contributed by atoms with Crippen LogP contribution in [-0.4, -0.2) is 25.6 Å². The summed E-state index contributed by atoms with van der Waals surface area (Å²) < 4.78 is 8.58. The second-order valence-corrected chi connectivity index (χ2v) is 3.55. The number of nitrogen functional groups attached to an aromatic ring is 1. The third-order valence-electron chi connectivity index (χ3n) is 1.85. The summed E-state index contributed by atoms with van der Waals surface area (Å²) in [5.74, 6) is 0.660. The lowest BCUT2D eigenvalue weighted by Gasteiger charge is -2.10. The van der Waals surface area contributed by atoms with E-state index < -0.39 is 0 Å². The Balaban J connectivity index is 2.60. The van der Waals surface area contributed by atoms with Gasteiger partial charge in [0, 0.05) is 18.4 Å². The van der Waals surface area contributed by atoms with E-state index in [4.69, 9.17) is 15.9 Å². The van der Waals surface area contributed by atoms with E-state index >= 15 is 0 Å². The van der Waals surface area contributed by atoms with Crippen molar-refractivity contribution in [3.8, 4) is 5.75 Å². The van der Waals surface area contributed by atoms with Crippen molar-refractivity contribution in [3.63, 3.8) is 0 Å². The van der Waals surface area contributed by atoms with E-state index in [1.165, 1.54) is 6.21 Å². The normalized spacial score (nSPS) is 9.93. The highest BCUT2D eigenvalue weighted by Gasteiger charge is 2.03. The molecule has 0 aromatic heterocycles. The van der Waals surface area contributed by atoms with Crippen molar-refractivity contribution in [3.05, 3.63) is 23.8 Å². The molecule has 0 amide bonds. The quantitative estimate of drug-likeness (QED) is 0.297. The minimum atomic E-state index is 0.561. The molecule has 0 aliphatic heterocycles. The lowest BCUT2D eigenvalue weighted by Crippen LogP contribution is -2.14. The van der Waals surface area contributed by atoms with Gasteiger partial charge in [0.2, 0.25) is 0 Å². The first kappa shape index (κ1) is 11.9. The van der Waals surface area contributed by atoms with Gasteiger partial charge in [-0.1, -0.05) is 18.0 Å². The summed E-state index contributed by atoms with van der Waals surface area (Å²) in [6.45, 7) is 1.32. The van der Waals surface area contributed by atoms with Crippen LogP contribution in [0.1, 0.15) is 5.56 Å². The average molecular weight is 225 g/mol. The predicted molar refractivity (Wildman–Crippen MR) is 65.8 cm³/mol. The molecule has 0 heterocycles. The van der Waals surface area contributed by atoms with Gasteiger partial charge in [0.05, 0.1) is 5.56 Å². The summed E-state index contributed by atoms with van der Waals surface area (Å²) in [6, 6.07) is 5.39. The Kier molecular flexibility index (Phi) is 5.00. The minimum Gasteiger partial charge on any atom is -0.491 e. The molecule has 0 spiro atoms. The van der Waals surface area contributed by atoms with Gasteiger partial charge in [0.15, 0.2) is 0 Å². The van der Waals surface area contributed by atoms with Gasteiger partial charge in [-0.05, 0) is 18.4 Å². The number of rotatable bonds is 6. The molecular formula is C10H15N3OS. The second-order valence-electron chi connectivity index (χ2n) is 2.85. The highest BCUT2D eigenvalue weighted by atomic mass is 32.2. The maximum absolute atomic E-state index is 7.24. The topological polar surface area (TPSA) is 71.1 Å². The van der Waals surface area contributed by atoms with Gasteiger partial charge >= 0.3 is 0 Å². The third kappa shape index (κ3) is 3.45. The largest absolute Gasteiger partial charge is 0.491 e. The van der Waals surface area contributed by atoms with Crippen LogP contribution >= 0.6 is 11.9 Å². The maximum atomic E-state index is 7.24. The minimum absolute atomic E-state index is 0.561. The zero-order valence-electron chi connectivity index (χ0n) is 8.62. The molecular weight excluding hydrogens is 210 g/mol. The Labute approximate surface area is 93.8 Å². The molecule has 0 atom stereocenters. The second kappa shape index (κ2) is 6.31. The molecule has 4 nitrogen and oxygen atoms in total. The summed E-state index contributed by atoms with van der Waals surface area (Å²) in [5.41, 5.74) is 6.92. The summed E-state index contributed by atoms with van der Waals surface area (Å²) in [5, 5.41) is 7.24. The maximum Gasteiger partial charge on any atom is 0.130 e. The number of nitrogens with one attached hydrogen (secondary N) is 2. The van der Waals surface area contributed by atoms with Crippen molar-refractivity contribution < 1.29 is 4.74 Å². The van der Waals surface area contributed by atoms with Crippen LogP contribution in [0.25, 0.3) is 0 Å². The fourth-order valence-electron chi connectivity index (χ4n) is 1.15. The van der Waals surface area contributed by atoms with Crippen molar-refractivity contribution in [1.82, 2.24) is 4.72 Å². The molecule has 0 bridgehead atoms. The van der Waals surface area contributed by atoms with Gasteiger partial charge in [-0.15, -0.1) is 0 Å². The lowest BCUT2D eigenvalue weighted by molar-refractivity contribution is 0.324. The number of benzene rings is 1.